The smallest absolute Gasteiger partial charge is 0.248 e. The molecule has 2 aromatic carbocycles. The van der Waals surface area contributed by atoms with Gasteiger partial charge in [-0.3, -0.25) is 57.5 Å². The van der Waals surface area contributed by atoms with Crippen molar-refractivity contribution in [1.82, 2.24) is 60.5 Å². The molecule has 27 nitrogen and oxygen atoms in total. The van der Waals surface area contributed by atoms with Gasteiger partial charge in [0.15, 0.2) is 0 Å². The van der Waals surface area contributed by atoms with Crippen molar-refractivity contribution in [1.29, 1.82) is 0 Å². The quantitative estimate of drug-likeness (QED) is 0.104. The van der Waals surface area contributed by atoms with Crippen LogP contribution in [0.2, 0.25) is 0 Å². The Bertz CT molecular complexity index is 3160. The molecule has 6 N–H and O–H groups in total. The lowest BCUT2D eigenvalue weighted by Crippen LogP contribution is -2.62. The summed E-state index contributed by atoms with van der Waals surface area (Å²) in [5.74, 6) is -9.91. The molecule has 103 heavy (non-hydrogen) atoms. The summed E-state index contributed by atoms with van der Waals surface area (Å²) in [5.41, 5.74) is 0.299. The normalized spacial score (nSPS) is 24.8. The Morgan fingerprint density at radius 2 is 0.971 bits per heavy atom. The number of carbonyl (C=O) groups is 12. The molecule has 576 valence electrons. The van der Waals surface area contributed by atoms with Crippen molar-refractivity contribution in [3.05, 3.63) is 71.8 Å². The van der Waals surface area contributed by atoms with Crippen molar-refractivity contribution in [3.63, 3.8) is 0 Å². The van der Waals surface area contributed by atoms with E-state index in [1.165, 1.54) is 82.8 Å². The van der Waals surface area contributed by atoms with Crippen LogP contribution in [0.3, 0.4) is 0 Å². The Labute approximate surface area is 611 Å². The minimum absolute atomic E-state index is 0.0391. The van der Waals surface area contributed by atoms with Gasteiger partial charge in [-0.25, -0.2) is 0 Å². The summed E-state index contributed by atoms with van der Waals surface area (Å²) in [4.78, 5) is 190. The van der Waals surface area contributed by atoms with Crippen LogP contribution in [0, 0.1) is 23.7 Å². The second-order valence-electron chi connectivity index (χ2n) is 30.6. The Morgan fingerprint density at radius 1 is 0.515 bits per heavy atom. The number of aliphatic hydroxyl groups is 2. The van der Waals surface area contributed by atoms with Crippen molar-refractivity contribution in [2.45, 2.75) is 232 Å². The molecule has 0 spiro atoms. The number of benzene rings is 2. The van der Waals surface area contributed by atoms with Gasteiger partial charge in [0.2, 0.25) is 70.9 Å². The lowest BCUT2D eigenvalue weighted by molar-refractivity contribution is -0.152. The minimum Gasteiger partial charge on any atom is -0.391 e. The van der Waals surface area contributed by atoms with Crippen LogP contribution in [-0.2, 0) is 75.1 Å². The Morgan fingerprint density at radius 3 is 1.50 bits per heavy atom. The maximum atomic E-state index is 15.5. The summed E-state index contributed by atoms with van der Waals surface area (Å²) < 4.78 is 5.98. The molecular formula is C76H122N12O15. The van der Waals surface area contributed by atoms with E-state index in [4.69, 9.17) is 4.74 Å². The van der Waals surface area contributed by atoms with Gasteiger partial charge >= 0.3 is 0 Å². The molecule has 0 unspecified atom stereocenters. The number of likely N-dealkylation sites (tertiary alicyclic amines) is 1. The second kappa shape index (κ2) is 40.9. The monoisotopic (exact) mass is 1440 g/mol. The van der Waals surface area contributed by atoms with Gasteiger partial charge in [0, 0.05) is 75.5 Å². The lowest BCUT2D eigenvalue weighted by Gasteiger charge is -2.38. The van der Waals surface area contributed by atoms with E-state index in [2.05, 4.69) is 21.3 Å². The fraction of sp³-hybridized carbons (Fsp3) is 0.684. The third kappa shape index (κ3) is 26.6. The molecule has 2 saturated heterocycles. The molecule has 2 heterocycles. The van der Waals surface area contributed by atoms with E-state index in [1.54, 1.807) is 49.1 Å². The molecule has 2 fully saturated rings. The van der Waals surface area contributed by atoms with Gasteiger partial charge in [-0.2, -0.15) is 0 Å². The first-order chi connectivity index (χ1) is 48.2. The average molecular weight is 1440 g/mol. The largest absolute Gasteiger partial charge is 0.391 e. The molecule has 4 rings (SSSR count). The number of carbonyl (C=O) groups excluding carboxylic acids is 12. The van der Waals surface area contributed by atoms with Crippen LogP contribution in [0.5, 0.6) is 0 Å². The summed E-state index contributed by atoms with van der Waals surface area (Å²) in [6.45, 7) is 20.0. The molecule has 0 aromatic heterocycles. The van der Waals surface area contributed by atoms with E-state index in [0.717, 1.165) is 26.7 Å². The zero-order chi connectivity index (χ0) is 77.5. The number of likely N-dealkylation sites (N-methyl/N-ethyl adjacent to an activating group) is 7. The maximum Gasteiger partial charge on any atom is 0.248 e. The standard InChI is InChI=1S/C76H122N12O15/c1-47(2)39-55-70(96)84(16)58(34-33-53-29-23-20-24-30-53)73(99)85(17)60(41-49(5)6)69(95)80-65(52(10)89)75(101)81(13)45-64(91)83(15)59(40-48(3)4)67(93)78-56(72(98)88-36-27-22-28-37-88)44-63(90)82(14)51(9)66(92)79-57(46-103-38-35-76(11,12)102)71(97)87(19)62(42-50(7)8)74(100)86(18)61(68(94)77-55)43-54-31-25-21-26-32-54/h20-21,23-26,29-32,47-52,55-62,65,89,102H,22,27-28,33-46H2,1-19H3,(H,77,94)(H,78,93)(H,79,92)(H,80,95)/t51-,52+,55-,56-,57-,58-,59-,60-,61-,62-,65-/m0/s1. The highest BCUT2D eigenvalue weighted by Gasteiger charge is 2.44. The zero-order valence-corrected chi connectivity index (χ0v) is 64.7. The number of ether oxygens (including phenoxy) is 1. The number of aryl methyl sites for hydroxylation is 1. The van der Waals surface area contributed by atoms with Crippen molar-refractivity contribution in [3.8, 4) is 0 Å². The molecular weight excluding hydrogens is 1320 g/mol. The van der Waals surface area contributed by atoms with E-state index in [9.17, 15) is 43.8 Å². The van der Waals surface area contributed by atoms with Crippen LogP contribution in [0.25, 0.3) is 0 Å². The molecule has 2 aliphatic rings. The molecule has 0 radical (unpaired) electrons. The van der Waals surface area contributed by atoms with Gasteiger partial charge in [-0.1, -0.05) is 116 Å². The van der Waals surface area contributed by atoms with Gasteiger partial charge in [-0.05, 0) is 127 Å². The number of hydrogen-bond donors (Lipinski definition) is 6. The van der Waals surface area contributed by atoms with Crippen molar-refractivity contribution in [2.24, 2.45) is 23.7 Å². The number of rotatable bonds is 20. The molecule has 0 aliphatic carbocycles. The van der Waals surface area contributed by atoms with E-state index in [-0.39, 0.29) is 81.6 Å². The first-order valence-electron chi connectivity index (χ1n) is 36.6. The van der Waals surface area contributed by atoms with Crippen LogP contribution in [0.1, 0.15) is 158 Å². The van der Waals surface area contributed by atoms with E-state index >= 15 is 24.0 Å². The second-order valence-corrected chi connectivity index (χ2v) is 30.6. The summed E-state index contributed by atoms with van der Waals surface area (Å²) >= 11 is 0. The van der Waals surface area contributed by atoms with Crippen molar-refractivity contribution < 1.29 is 72.5 Å². The van der Waals surface area contributed by atoms with Crippen LogP contribution < -0.4 is 21.3 Å². The first-order valence-corrected chi connectivity index (χ1v) is 36.6. The zero-order valence-electron chi connectivity index (χ0n) is 64.7. The Hall–Kier alpha value is -8.04. The third-order valence-corrected chi connectivity index (χ3v) is 19.4. The van der Waals surface area contributed by atoms with Crippen molar-refractivity contribution >= 4 is 70.9 Å². The number of nitrogens with one attached hydrogen (secondary N) is 4. The fourth-order valence-electron chi connectivity index (χ4n) is 12.8. The van der Waals surface area contributed by atoms with E-state index < -0.39 is 163 Å². The number of aliphatic hydroxyl groups excluding tert-OH is 1. The molecule has 0 saturated carbocycles. The number of hydrogen-bond acceptors (Lipinski definition) is 15. The summed E-state index contributed by atoms with van der Waals surface area (Å²) in [7, 11) is 9.67. The van der Waals surface area contributed by atoms with Gasteiger partial charge in [0.25, 0.3) is 0 Å². The first kappa shape index (κ1) is 87.4. The summed E-state index contributed by atoms with van der Waals surface area (Å²) in [6, 6.07) is 4.33. The number of nitrogens with zero attached hydrogens (tertiary/aromatic N) is 8. The van der Waals surface area contributed by atoms with E-state index in [0.29, 0.717) is 31.5 Å². The Balaban J connectivity index is 1.99. The van der Waals surface area contributed by atoms with E-state index in [1.807, 2.05) is 85.7 Å². The SMILES string of the molecule is CC(C)C[C@@H]1NC(=O)[C@H](Cc2ccccc2)N(C)C(=O)[C@H](CC(C)C)N(C)C(=O)[C@H](COCCC(C)(C)O)NC(=O)[C@H](C)N(C)C(=O)C[C@@H](C(=O)N2CCCCC2)NC(=O)[C@H](CC(C)C)N(C)C(=O)CN(C)C(=O)[C@H]([C@@H](C)O)NC(=O)[C@H](CC(C)C)N(C)C(=O)[C@H](CCc2ccccc2)N(C)C1=O. The fourth-order valence-corrected chi connectivity index (χ4v) is 12.8. The molecule has 27 heteroatoms. The molecule has 2 aromatic rings. The molecule has 12 amide bonds. The van der Waals surface area contributed by atoms with Crippen LogP contribution >= 0.6 is 0 Å². The third-order valence-electron chi connectivity index (χ3n) is 19.4. The Kier molecular flexibility index (Phi) is 34.7. The minimum atomic E-state index is -1.67. The van der Waals surface area contributed by atoms with Gasteiger partial charge in [-0.15, -0.1) is 0 Å². The number of piperidine rings is 1. The topological polar surface area (TPSA) is 329 Å². The predicted molar refractivity (Wildman–Crippen MR) is 392 cm³/mol. The van der Waals surface area contributed by atoms with Crippen molar-refractivity contribution in [2.75, 3.05) is 82.2 Å². The lowest BCUT2D eigenvalue weighted by atomic mass is 9.96. The van der Waals surface area contributed by atoms with Gasteiger partial charge in [0.05, 0.1) is 31.3 Å². The maximum absolute atomic E-state index is 15.5. The average Bonchev–Trinajstić information content (AvgIpc) is 0.817. The van der Waals surface area contributed by atoms with Crippen LogP contribution in [0.4, 0.5) is 0 Å². The van der Waals surface area contributed by atoms with Gasteiger partial charge < -0.3 is 75.4 Å². The van der Waals surface area contributed by atoms with Gasteiger partial charge in [0.1, 0.15) is 60.4 Å². The summed E-state index contributed by atoms with van der Waals surface area (Å²) in [5, 5.41) is 33.1. The highest BCUT2D eigenvalue weighted by Crippen LogP contribution is 2.24. The molecule has 2 aliphatic heterocycles. The summed E-state index contributed by atoms with van der Waals surface area (Å²) in [6.07, 6.45) is 0.567. The van der Waals surface area contributed by atoms with Crippen LogP contribution in [-0.4, -0.2) is 275 Å². The predicted octanol–water partition coefficient (Wildman–Crippen LogP) is 3.40. The van der Waals surface area contributed by atoms with Crippen LogP contribution in [0.15, 0.2) is 60.7 Å². The molecule has 11 atom stereocenters. The number of amides is 12. The highest BCUT2D eigenvalue weighted by atomic mass is 16.5. The molecule has 0 bridgehead atoms. The highest BCUT2D eigenvalue weighted by molar-refractivity contribution is 6.00.